The first kappa shape index (κ1) is 8.35. The average molecular weight is 181 g/mol. The summed E-state index contributed by atoms with van der Waals surface area (Å²) in [5.41, 5.74) is 1.78. The number of benzene rings is 1. The van der Waals surface area contributed by atoms with Crippen LogP contribution in [0.3, 0.4) is 0 Å². The van der Waals surface area contributed by atoms with E-state index >= 15 is 0 Å². The fourth-order valence-electron chi connectivity index (χ4n) is 1.58. The van der Waals surface area contributed by atoms with E-state index in [0.29, 0.717) is 12.4 Å². The Labute approximate surface area is 76.7 Å². The van der Waals surface area contributed by atoms with Gasteiger partial charge in [0.25, 0.3) is 0 Å². The van der Waals surface area contributed by atoms with E-state index in [0.717, 1.165) is 24.1 Å². The van der Waals surface area contributed by atoms with E-state index < -0.39 is 0 Å². The smallest absolute Gasteiger partial charge is 0.167 e. The minimum Gasteiger partial charge on any atom is -0.490 e. The van der Waals surface area contributed by atoms with Crippen LogP contribution in [0.5, 0.6) is 5.75 Å². The summed E-state index contributed by atoms with van der Waals surface area (Å²) in [5, 5.41) is 2.92. The van der Waals surface area contributed by atoms with Gasteiger partial charge in [-0.15, -0.1) is 0 Å². The molecule has 0 unspecified atom stereocenters. The number of hydrogen-bond acceptors (Lipinski definition) is 2. The lowest BCUT2D eigenvalue weighted by molar-refractivity contribution is 0.273. The molecule has 0 amide bonds. The van der Waals surface area contributed by atoms with Crippen molar-refractivity contribution in [1.29, 1.82) is 0 Å². The van der Waals surface area contributed by atoms with Gasteiger partial charge in [-0.2, -0.15) is 0 Å². The van der Waals surface area contributed by atoms with Gasteiger partial charge in [-0.3, -0.25) is 0 Å². The van der Waals surface area contributed by atoms with E-state index in [1.807, 2.05) is 6.07 Å². The summed E-state index contributed by atoms with van der Waals surface area (Å²) in [4.78, 5) is 0. The maximum Gasteiger partial charge on any atom is 0.167 e. The fraction of sp³-hybridized carbons (Fsp3) is 0.400. The highest BCUT2D eigenvalue weighted by atomic mass is 19.1. The maximum atomic E-state index is 13.4. The molecule has 1 aromatic rings. The molecule has 70 valence electrons. The second kappa shape index (κ2) is 3.24. The van der Waals surface area contributed by atoms with Crippen LogP contribution in [0.25, 0.3) is 0 Å². The third-order valence-electron chi connectivity index (χ3n) is 2.25. The van der Waals surface area contributed by atoms with Crippen molar-refractivity contribution in [2.45, 2.75) is 12.8 Å². The highest BCUT2D eigenvalue weighted by Gasteiger charge is 2.15. The molecule has 13 heavy (non-hydrogen) atoms. The van der Waals surface area contributed by atoms with Gasteiger partial charge in [0.05, 0.1) is 6.61 Å². The van der Waals surface area contributed by atoms with E-state index in [9.17, 15) is 4.39 Å². The third-order valence-corrected chi connectivity index (χ3v) is 2.25. The van der Waals surface area contributed by atoms with Crippen LogP contribution in [0, 0.1) is 5.82 Å². The van der Waals surface area contributed by atoms with Gasteiger partial charge in [0, 0.05) is 18.8 Å². The van der Waals surface area contributed by atoms with Crippen LogP contribution in [0.2, 0.25) is 0 Å². The van der Waals surface area contributed by atoms with Gasteiger partial charge < -0.3 is 10.1 Å². The first-order chi connectivity index (χ1) is 6.31. The average Bonchev–Trinajstić information content (AvgIpc) is 2.18. The summed E-state index contributed by atoms with van der Waals surface area (Å²) in [6.07, 6.45) is 1.88. The van der Waals surface area contributed by atoms with Gasteiger partial charge in [-0.1, -0.05) is 0 Å². The molecule has 0 radical (unpaired) electrons. The summed E-state index contributed by atoms with van der Waals surface area (Å²) >= 11 is 0. The molecule has 0 saturated carbocycles. The van der Waals surface area contributed by atoms with Crippen molar-refractivity contribution in [3.05, 3.63) is 23.5 Å². The van der Waals surface area contributed by atoms with Crippen molar-refractivity contribution in [3.8, 4) is 5.75 Å². The van der Waals surface area contributed by atoms with E-state index in [-0.39, 0.29) is 5.82 Å². The molecule has 0 fully saturated rings. The zero-order valence-electron chi connectivity index (χ0n) is 7.56. The first-order valence-electron chi connectivity index (χ1n) is 4.44. The highest BCUT2D eigenvalue weighted by molar-refractivity contribution is 5.52. The summed E-state index contributed by atoms with van der Waals surface area (Å²) in [6.45, 7) is 0.628. The number of aryl methyl sites for hydroxylation is 1. The molecule has 1 aromatic carbocycles. The van der Waals surface area contributed by atoms with Crippen LogP contribution in [-0.2, 0) is 6.42 Å². The third kappa shape index (κ3) is 1.46. The highest BCUT2D eigenvalue weighted by Crippen LogP contribution is 2.30. The number of anilines is 1. The normalized spacial score (nSPS) is 14.6. The van der Waals surface area contributed by atoms with Crippen molar-refractivity contribution >= 4 is 5.69 Å². The largest absolute Gasteiger partial charge is 0.490 e. The SMILES string of the molecule is CNc1cc(F)c2c(c1)CCCO2. The molecule has 0 aliphatic carbocycles. The Morgan fingerprint density at radius 3 is 3.08 bits per heavy atom. The van der Waals surface area contributed by atoms with Gasteiger partial charge in [0.1, 0.15) is 0 Å². The topological polar surface area (TPSA) is 21.3 Å². The number of ether oxygens (including phenoxy) is 1. The molecule has 0 aromatic heterocycles. The summed E-state index contributed by atoms with van der Waals surface area (Å²) in [7, 11) is 1.78. The molecule has 0 atom stereocenters. The molecule has 0 bridgehead atoms. The summed E-state index contributed by atoms with van der Waals surface area (Å²) < 4.78 is 18.6. The second-order valence-electron chi connectivity index (χ2n) is 3.15. The number of rotatable bonds is 1. The van der Waals surface area contributed by atoms with Crippen LogP contribution in [-0.4, -0.2) is 13.7 Å². The Balaban J connectivity index is 2.47. The van der Waals surface area contributed by atoms with E-state index in [1.165, 1.54) is 6.07 Å². The number of halogens is 1. The van der Waals surface area contributed by atoms with Crippen LogP contribution in [0.4, 0.5) is 10.1 Å². The van der Waals surface area contributed by atoms with Gasteiger partial charge >= 0.3 is 0 Å². The molecular weight excluding hydrogens is 169 g/mol. The number of fused-ring (bicyclic) bond motifs is 1. The van der Waals surface area contributed by atoms with Crippen LogP contribution in [0.15, 0.2) is 12.1 Å². The van der Waals surface area contributed by atoms with E-state index in [2.05, 4.69) is 5.32 Å². The lowest BCUT2D eigenvalue weighted by Crippen LogP contribution is -2.10. The van der Waals surface area contributed by atoms with E-state index in [4.69, 9.17) is 4.74 Å². The quantitative estimate of drug-likeness (QED) is 0.717. The maximum absolute atomic E-state index is 13.4. The zero-order chi connectivity index (χ0) is 9.26. The molecule has 2 rings (SSSR count). The molecule has 1 aliphatic rings. The van der Waals surface area contributed by atoms with Crippen molar-refractivity contribution in [3.63, 3.8) is 0 Å². The Morgan fingerprint density at radius 1 is 1.46 bits per heavy atom. The Bertz CT molecular complexity index is 325. The van der Waals surface area contributed by atoms with Crippen molar-refractivity contribution in [2.24, 2.45) is 0 Å². The molecule has 0 spiro atoms. The van der Waals surface area contributed by atoms with Gasteiger partial charge in [0.2, 0.25) is 0 Å². The summed E-state index contributed by atoms with van der Waals surface area (Å²) in [5.74, 6) is 0.173. The molecule has 0 saturated heterocycles. The molecular formula is C10H12FNO. The van der Waals surface area contributed by atoms with Crippen LogP contribution in [0.1, 0.15) is 12.0 Å². The van der Waals surface area contributed by atoms with Crippen LogP contribution < -0.4 is 10.1 Å². The molecule has 1 aliphatic heterocycles. The first-order valence-corrected chi connectivity index (χ1v) is 4.44. The lowest BCUT2D eigenvalue weighted by atomic mass is 10.1. The van der Waals surface area contributed by atoms with Crippen LogP contribution >= 0.6 is 0 Å². The molecule has 1 heterocycles. The van der Waals surface area contributed by atoms with Gasteiger partial charge in [-0.25, -0.2) is 4.39 Å². The van der Waals surface area contributed by atoms with Crippen molar-refractivity contribution in [1.82, 2.24) is 0 Å². The fourth-order valence-corrected chi connectivity index (χ4v) is 1.58. The van der Waals surface area contributed by atoms with E-state index in [1.54, 1.807) is 7.05 Å². The lowest BCUT2D eigenvalue weighted by Gasteiger charge is -2.18. The zero-order valence-corrected chi connectivity index (χ0v) is 7.56. The second-order valence-corrected chi connectivity index (χ2v) is 3.15. The Hall–Kier alpha value is -1.25. The molecule has 1 N–H and O–H groups in total. The monoisotopic (exact) mass is 181 g/mol. The predicted octanol–water partition coefficient (Wildman–Crippen LogP) is 2.19. The number of nitrogens with one attached hydrogen (secondary N) is 1. The van der Waals surface area contributed by atoms with Gasteiger partial charge in [-0.05, 0) is 24.5 Å². The minimum atomic E-state index is -0.262. The van der Waals surface area contributed by atoms with Crippen molar-refractivity contribution in [2.75, 3.05) is 19.0 Å². The minimum absolute atomic E-state index is 0.262. The summed E-state index contributed by atoms with van der Waals surface area (Å²) in [6, 6.07) is 3.40. The van der Waals surface area contributed by atoms with Gasteiger partial charge in [0.15, 0.2) is 11.6 Å². The predicted molar refractivity (Wildman–Crippen MR) is 49.8 cm³/mol. The molecule has 2 nitrogen and oxygen atoms in total. The Morgan fingerprint density at radius 2 is 2.31 bits per heavy atom. The van der Waals surface area contributed by atoms with Crippen molar-refractivity contribution < 1.29 is 9.13 Å². The standard InChI is InChI=1S/C10H12FNO/c1-12-8-5-7-3-2-4-13-10(7)9(11)6-8/h5-6,12H,2-4H2,1H3. The Kier molecular flexibility index (Phi) is 2.08. The molecule has 3 heteroatoms. The number of hydrogen-bond donors (Lipinski definition) is 1.